The van der Waals surface area contributed by atoms with Gasteiger partial charge in [-0.15, -0.1) is 0 Å². The molecular formula is C18H25N7O2. The first-order valence-electron chi connectivity index (χ1n) is 8.92. The summed E-state index contributed by atoms with van der Waals surface area (Å²) in [5, 5.41) is 7.41. The zero-order valence-corrected chi connectivity index (χ0v) is 15.9. The topological polar surface area (TPSA) is 87.9 Å². The van der Waals surface area contributed by atoms with E-state index >= 15 is 0 Å². The van der Waals surface area contributed by atoms with Gasteiger partial charge in [-0.05, 0) is 13.0 Å². The van der Waals surface area contributed by atoms with Gasteiger partial charge in [0.2, 0.25) is 11.8 Å². The molecular weight excluding hydrogens is 346 g/mol. The number of rotatable bonds is 5. The summed E-state index contributed by atoms with van der Waals surface area (Å²) in [6.07, 6.45) is 5.25. The van der Waals surface area contributed by atoms with Crippen molar-refractivity contribution in [3.8, 4) is 5.88 Å². The molecule has 0 radical (unpaired) electrons. The van der Waals surface area contributed by atoms with E-state index in [9.17, 15) is 4.79 Å². The minimum Gasteiger partial charge on any atom is -0.481 e. The van der Waals surface area contributed by atoms with Crippen LogP contribution in [0.4, 0.5) is 5.69 Å². The predicted octanol–water partition coefficient (Wildman–Crippen LogP) is 0.638. The Morgan fingerprint density at radius 2 is 2.26 bits per heavy atom. The lowest BCUT2D eigenvalue weighted by atomic mass is 10.2. The lowest BCUT2D eigenvalue weighted by Gasteiger charge is -2.35. The van der Waals surface area contributed by atoms with Crippen molar-refractivity contribution in [3.63, 3.8) is 0 Å². The smallest absolute Gasteiger partial charge is 0.246 e. The molecule has 9 nitrogen and oxygen atoms in total. The Hall–Kier alpha value is -3.10. The van der Waals surface area contributed by atoms with E-state index in [0.29, 0.717) is 31.5 Å². The van der Waals surface area contributed by atoms with Gasteiger partial charge in [-0.1, -0.05) is 6.07 Å². The highest BCUT2D eigenvalue weighted by molar-refractivity contribution is 5.98. The van der Waals surface area contributed by atoms with Crippen LogP contribution < -0.4 is 15.0 Å². The predicted molar refractivity (Wildman–Crippen MR) is 103 cm³/mol. The van der Waals surface area contributed by atoms with Crippen LogP contribution in [0.5, 0.6) is 5.88 Å². The standard InChI is InChI=1S/C18H25N7O2/c1-4-19-18(21-10-14-6-5-7-20-17(14)27-3)24-8-9-25(16(26)13-24)15-11-22-23(2)12-15/h5-7,11-12H,4,8-10,13H2,1-3H3,(H,19,21). The van der Waals surface area contributed by atoms with Crippen LogP contribution in [0.2, 0.25) is 0 Å². The first-order chi connectivity index (χ1) is 13.1. The fourth-order valence-corrected chi connectivity index (χ4v) is 2.99. The van der Waals surface area contributed by atoms with E-state index in [1.54, 1.807) is 29.1 Å². The number of anilines is 1. The van der Waals surface area contributed by atoms with Crippen LogP contribution >= 0.6 is 0 Å². The number of hydrogen-bond acceptors (Lipinski definition) is 5. The van der Waals surface area contributed by atoms with Crippen LogP contribution in [-0.2, 0) is 18.4 Å². The highest BCUT2D eigenvalue weighted by Crippen LogP contribution is 2.17. The summed E-state index contributed by atoms with van der Waals surface area (Å²) in [5.41, 5.74) is 1.72. The molecule has 0 bridgehead atoms. The first-order valence-corrected chi connectivity index (χ1v) is 8.92. The number of methoxy groups -OCH3 is 1. The minimum absolute atomic E-state index is 0.0267. The van der Waals surface area contributed by atoms with E-state index in [2.05, 4.69) is 20.4 Å². The molecule has 2 aromatic rings. The van der Waals surface area contributed by atoms with E-state index in [4.69, 9.17) is 4.74 Å². The number of nitrogens with one attached hydrogen (secondary N) is 1. The Balaban J connectivity index is 1.71. The molecule has 0 unspecified atom stereocenters. The maximum absolute atomic E-state index is 12.6. The average Bonchev–Trinajstić information content (AvgIpc) is 3.11. The second kappa shape index (κ2) is 8.52. The molecule has 1 aliphatic heterocycles. The van der Waals surface area contributed by atoms with Gasteiger partial charge < -0.3 is 19.9 Å². The van der Waals surface area contributed by atoms with Gasteiger partial charge in [0.05, 0.1) is 25.5 Å². The molecule has 144 valence electrons. The van der Waals surface area contributed by atoms with Crippen molar-refractivity contribution in [1.82, 2.24) is 25.0 Å². The number of aliphatic imine (C=N–C) groups is 1. The minimum atomic E-state index is 0.0267. The number of pyridine rings is 1. The van der Waals surface area contributed by atoms with Gasteiger partial charge in [0.15, 0.2) is 5.96 Å². The Morgan fingerprint density at radius 1 is 1.41 bits per heavy atom. The third kappa shape index (κ3) is 4.36. The van der Waals surface area contributed by atoms with E-state index < -0.39 is 0 Å². The Bertz CT molecular complexity index is 818. The van der Waals surface area contributed by atoms with Crippen LogP contribution in [0, 0.1) is 0 Å². The number of carbonyl (C=O) groups is 1. The SMILES string of the molecule is CCNC(=NCc1cccnc1OC)N1CCN(c2cnn(C)c2)C(=O)C1. The fraction of sp³-hybridized carbons (Fsp3) is 0.444. The fourth-order valence-electron chi connectivity index (χ4n) is 2.99. The largest absolute Gasteiger partial charge is 0.481 e. The molecule has 3 heterocycles. The normalized spacial score (nSPS) is 15.2. The summed E-state index contributed by atoms with van der Waals surface area (Å²) in [4.78, 5) is 25.2. The summed E-state index contributed by atoms with van der Waals surface area (Å²) in [6, 6.07) is 3.79. The number of ether oxygens (including phenoxy) is 1. The third-order valence-electron chi connectivity index (χ3n) is 4.30. The van der Waals surface area contributed by atoms with E-state index in [-0.39, 0.29) is 12.5 Å². The summed E-state index contributed by atoms with van der Waals surface area (Å²) >= 11 is 0. The van der Waals surface area contributed by atoms with Gasteiger partial charge in [0.25, 0.3) is 0 Å². The Kier molecular flexibility index (Phi) is 5.90. The quantitative estimate of drug-likeness (QED) is 0.613. The van der Waals surface area contributed by atoms with E-state index in [1.165, 1.54) is 0 Å². The molecule has 0 atom stereocenters. The van der Waals surface area contributed by atoms with Crippen molar-refractivity contribution in [3.05, 3.63) is 36.3 Å². The molecule has 27 heavy (non-hydrogen) atoms. The highest BCUT2D eigenvalue weighted by atomic mass is 16.5. The van der Waals surface area contributed by atoms with Crippen molar-refractivity contribution in [2.24, 2.45) is 12.0 Å². The van der Waals surface area contributed by atoms with Crippen molar-refractivity contribution < 1.29 is 9.53 Å². The van der Waals surface area contributed by atoms with Crippen LogP contribution in [0.3, 0.4) is 0 Å². The number of amides is 1. The second-order valence-electron chi connectivity index (χ2n) is 6.18. The highest BCUT2D eigenvalue weighted by Gasteiger charge is 2.27. The molecule has 2 aromatic heterocycles. The summed E-state index contributed by atoms with van der Waals surface area (Å²) in [5.74, 6) is 1.30. The zero-order valence-electron chi connectivity index (χ0n) is 15.9. The van der Waals surface area contributed by atoms with E-state index in [1.807, 2.05) is 37.2 Å². The van der Waals surface area contributed by atoms with Crippen LogP contribution in [-0.4, -0.2) is 64.8 Å². The van der Waals surface area contributed by atoms with Gasteiger partial charge in [-0.2, -0.15) is 5.10 Å². The molecule has 1 N–H and O–H groups in total. The monoisotopic (exact) mass is 371 g/mol. The molecule has 3 rings (SSSR count). The van der Waals surface area contributed by atoms with Gasteiger partial charge in [-0.25, -0.2) is 9.98 Å². The molecule has 1 aliphatic rings. The Morgan fingerprint density at radius 3 is 2.93 bits per heavy atom. The molecule has 1 saturated heterocycles. The van der Waals surface area contributed by atoms with E-state index in [0.717, 1.165) is 17.8 Å². The average molecular weight is 371 g/mol. The van der Waals surface area contributed by atoms with Gasteiger partial charge in [-0.3, -0.25) is 9.48 Å². The van der Waals surface area contributed by atoms with Gasteiger partial charge in [0, 0.05) is 44.6 Å². The van der Waals surface area contributed by atoms with Crippen LogP contribution in [0.15, 0.2) is 35.7 Å². The van der Waals surface area contributed by atoms with Gasteiger partial charge >= 0.3 is 0 Å². The number of piperazine rings is 1. The number of aryl methyl sites for hydroxylation is 1. The molecule has 0 aromatic carbocycles. The Labute approximate surface area is 158 Å². The molecule has 0 saturated carbocycles. The summed E-state index contributed by atoms with van der Waals surface area (Å²) in [7, 11) is 3.43. The molecule has 0 aliphatic carbocycles. The van der Waals surface area contributed by atoms with Crippen molar-refractivity contribution in [1.29, 1.82) is 0 Å². The molecule has 0 spiro atoms. The number of aromatic nitrogens is 3. The van der Waals surface area contributed by atoms with Crippen LogP contribution in [0.1, 0.15) is 12.5 Å². The maximum Gasteiger partial charge on any atom is 0.246 e. The lowest BCUT2D eigenvalue weighted by Crippen LogP contribution is -2.55. The number of guanidine groups is 1. The third-order valence-corrected chi connectivity index (χ3v) is 4.30. The zero-order chi connectivity index (χ0) is 19.2. The molecule has 9 heteroatoms. The van der Waals surface area contributed by atoms with Gasteiger partial charge in [0.1, 0.15) is 6.54 Å². The van der Waals surface area contributed by atoms with Crippen molar-refractivity contribution in [2.45, 2.75) is 13.5 Å². The second-order valence-corrected chi connectivity index (χ2v) is 6.18. The number of nitrogens with zero attached hydrogens (tertiary/aromatic N) is 6. The molecule has 1 amide bonds. The van der Waals surface area contributed by atoms with Crippen molar-refractivity contribution >= 4 is 17.6 Å². The first kappa shape index (κ1) is 18.7. The number of carbonyl (C=O) groups excluding carboxylic acids is 1. The van der Waals surface area contributed by atoms with Crippen LogP contribution in [0.25, 0.3) is 0 Å². The van der Waals surface area contributed by atoms with Crippen molar-refractivity contribution in [2.75, 3.05) is 38.2 Å². The lowest BCUT2D eigenvalue weighted by molar-refractivity contribution is -0.120. The summed E-state index contributed by atoms with van der Waals surface area (Å²) in [6.45, 7) is 4.71. The number of hydrogen-bond donors (Lipinski definition) is 1. The maximum atomic E-state index is 12.6. The molecule has 1 fully saturated rings. The summed E-state index contributed by atoms with van der Waals surface area (Å²) < 4.78 is 6.98.